The Morgan fingerprint density at radius 2 is 1.92 bits per heavy atom. The number of hydrogen-bond acceptors (Lipinski definition) is 1. The summed E-state index contributed by atoms with van der Waals surface area (Å²) in [6.07, 6.45) is 6.51. The molecule has 68 valence electrons. The Kier molecular flexibility index (Phi) is 5.35. The van der Waals surface area contributed by atoms with E-state index >= 15 is 0 Å². The van der Waals surface area contributed by atoms with Crippen LogP contribution in [0.3, 0.4) is 0 Å². The zero-order valence-electron chi connectivity index (χ0n) is 8.42. The third-order valence-electron chi connectivity index (χ3n) is 1.44. The van der Waals surface area contributed by atoms with Crippen molar-refractivity contribution in [2.24, 2.45) is 5.92 Å². The van der Waals surface area contributed by atoms with Crippen LogP contribution in [0.2, 0.25) is 0 Å². The molecule has 0 atom stereocenters. The molecule has 0 aliphatic carbocycles. The zero-order chi connectivity index (χ0) is 9.56. The lowest BCUT2D eigenvalue weighted by Crippen LogP contribution is -1.87. The molecule has 0 rings (SSSR count). The van der Waals surface area contributed by atoms with Crippen LogP contribution in [0.25, 0.3) is 0 Å². The zero-order valence-corrected chi connectivity index (χ0v) is 8.42. The fraction of sp³-hybridized carbons (Fsp3) is 0.545. The molecule has 12 heavy (non-hydrogen) atoms. The van der Waals surface area contributed by atoms with E-state index in [0.717, 1.165) is 6.42 Å². The maximum Gasteiger partial charge on any atom is 0.152 e. The molecule has 0 heterocycles. The van der Waals surface area contributed by atoms with Gasteiger partial charge < -0.3 is 0 Å². The van der Waals surface area contributed by atoms with Gasteiger partial charge >= 0.3 is 0 Å². The van der Waals surface area contributed by atoms with Gasteiger partial charge in [0.1, 0.15) is 0 Å². The van der Waals surface area contributed by atoms with Crippen molar-refractivity contribution < 1.29 is 4.79 Å². The molecule has 1 nitrogen and oxygen atoms in total. The van der Waals surface area contributed by atoms with E-state index in [1.807, 2.05) is 12.2 Å². The smallest absolute Gasteiger partial charge is 0.152 e. The van der Waals surface area contributed by atoms with E-state index in [4.69, 9.17) is 0 Å². The van der Waals surface area contributed by atoms with Crippen LogP contribution in [-0.2, 0) is 4.79 Å². The van der Waals surface area contributed by atoms with Gasteiger partial charge in [-0.25, -0.2) is 0 Å². The number of hydrogen-bond donors (Lipinski definition) is 0. The second-order valence-corrected chi connectivity index (χ2v) is 3.58. The van der Waals surface area contributed by atoms with E-state index in [-0.39, 0.29) is 5.78 Å². The molecule has 0 N–H and O–H groups in total. The molecule has 0 spiro atoms. The van der Waals surface area contributed by atoms with Gasteiger partial charge in [0, 0.05) is 0 Å². The molecule has 0 aliphatic heterocycles. The highest BCUT2D eigenvalue weighted by Gasteiger charge is 1.93. The molecular weight excluding hydrogens is 148 g/mol. The first-order chi connectivity index (χ1) is 5.52. The Labute approximate surface area is 75.2 Å². The number of allylic oxidation sites excluding steroid dienone is 4. The summed E-state index contributed by atoms with van der Waals surface area (Å²) in [5.41, 5.74) is 1.32. The average Bonchev–Trinajstić information content (AvgIpc) is 1.84. The first kappa shape index (κ1) is 11.2. The van der Waals surface area contributed by atoms with Crippen LogP contribution in [0, 0.1) is 5.92 Å². The summed E-state index contributed by atoms with van der Waals surface area (Å²) in [7, 11) is 0. The lowest BCUT2D eigenvalue weighted by Gasteiger charge is -2.02. The first-order valence-electron chi connectivity index (χ1n) is 4.36. The summed E-state index contributed by atoms with van der Waals surface area (Å²) in [4.78, 5) is 10.5. The molecule has 1 heteroatoms. The van der Waals surface area contributed by atoms with Gasteiger partial charge in [0.25, 0.3) is 0 Å². The molecule has 0 saturated carbocycles. The molecule has 0 aromatic carbocycles. The largest absolute Gasteiger partial charge is 0.295 e. The summed E-state index contributed by atoms with van der Waals surface area (Å²) in [6, 6.07) is 0. The molecule has 0 unspecified atom stereocenters. The van der Waals surface area contributed by atoms with Gasteiger partial charge in [0.15, 0.2) is 5.78 Å². The fourth-order valence-electron chi connectivity index (χ4n) is 1.06. The summed E-state index contributed by atoms with van der Waals surface area (Å²) in [5, 5.41) is 0. The van der Waals surface area contributed by atoms with Gasteiger partial charge in [-0.3, -0.25) is 4.79 Å². The predicted octanol–water partition coefficient (Wildman–Crippen LogP) is 3.12. The Bertz CT molecular complexity index is 197. The topological polar surface area (TPSA) is 17.1 Å². The van der Waals surface area contributed by atoms with Gasteiger partial charge in [-0.15, -0.1) is 0 Å². The number of rotatable bonds is 4. The molecule has 0 aliphatic rings. The highest BCUT2D eigenvalue weighted by atomic mass is 16.1. The summed E-state index contributed by atoms with van der Waals surface area (Å²) in [6.45, 7) is 8.02. The van der Waals surface area contributed by atoms with Crippen molar-refractivity contribution in [1.82, 2.24) is 0 Å². The van der Waals surface area contributed by atoms with E-state index in [9.17, 15) is 4.79 Å². The lowest BCUT2D eigenvalue weighted by molar-refractivity contribution is -0.112. The van der Waals surface area contributed by atoms with Crippen LogP contribution in [0.5, 0.6) is 0 Å². The molecular formula is C11H18O. The van der Waals surface area contributed by atoms with Gasteiger partial charge in [-0.05, 0) is 32.3 Å². The van der Waals surface area contributed by atoms with Crippen molar-refractivity contribution in [3.8, 4) is 0 Å². The molecule has 0 radical (unpaired) electrons. The number of carbonyl (C=O) groups excluding carboxylic acids is 1. The van der Waals surface area contributed by atoms with E-state index in [0.29, 0.717) is 5.92 Å². The monoisotopic (exact) mass is 166 g/mol. The van der Waals surface area contributed by atoms with Gasteiger partial charge in [0.2, 0.25) is 0 Å². The van der Waals surface area contributed by atoms with Gasteiger partial charge in [-0.2, -0.15) is 0 Å². The second kappa shape index (κ2) is 5.76. The highest BCUT2D eigenvalue weighted by Crippen LogP contribution is 2.09. The van der Waals surface area contributed by atoms with Crippen LogP contribution in [0.4, 0.5) is 0 Å². The van der Waals surface area contributed by atoms with Crippen molar-refractivity contribution >= 4 is 5.78 Å². The third-order valence-corrected chi connectivity index (χ3v) is 1.44. The summed E-state index contributed by atoms with van der Waals surface area (Å²) < 4.78 is 0. The van der Waals surface area contributed by atoms with Crippen molar-refractivity contribution in [3.05, 3.63) is 23.8 Å². The van der Waals surface area contributed by atoms with Gasteiger partial charge in [-0.1, -0.05) is 31.6 Å². The maximum atomic E-state index is 10.5. The van der Waals surface area contributed by atoms with Crippen molar-refractivity contribution in [1.29, 1.82) is 0 Å². The van der Waals surface area contributed by atoms with Crippen LogP contribution in [0.15, 0.2) is 23.8 Å². The predicted molar refractivity (Wildman–Crippen MR) is 53.0 cm³/mol. The third kappa shape index (κ3) is 7.26. The second-order valence-electron chi connectivity index (χ2n) is 3.58. The minimum absolute atomic E-state index is 0.101. The highest BCUT2D eigenvalue weighted by molar-refractivity contribution is 5.87. The van der Waals surface area contributed by atoms with Crippen molar-refractivity contribution in [3.63, 3.8) is 0 Å². The Balaban J connectivity index is 3.92. The van der Waals surface area contributed by atoms with Crippen LogP contribution in [0.1, 0.15) is 34.1 Å². The lowest BCUT2D eigenvalue weighted by atomic mass is 10.0. The van der Waals surface area contributed by atoms with E-state index in [1.54, 1.807) is 13.0 Å². The van der Waals surface area contributed by atoms with E-state index in [1.165, 1.54) is 5.57 Å². The average molecular weight is 166 g/mol. The normalized spacial score (nSPS) is 12.9. The van der Waals surface area contributed by atoms with E-state index < -0.39 is 0 Å². The van der Waals surface area contributed by atoms with Crippen molar-refractivity contribution in [2.75, 3.05) is 0 Å². The molecule has 0 saturated heterocycles. The fourth-order valence-corrected chi connectivity index (χ4v) is 1.06. The molecule has 0 amide bonds. The molecule has 0 fully saturated rings. The molecule has 0 aromatic heterocycles. The Morgan fingerprint density at radius 3 is 2.33 bits per heavy atom. The first-order valence-corrected chi connectivity index (χ1v) is 4.36. The Hall–Kier alpha value is -0.850. The standard InChI is InChI=1S/C11H18O/c1-9(2)8-10(3)6-5-7-11(4)12/h5-7,9H,8H2,1-4H3. The SMILES string of the molecule is CC(=O)C=CC=C(C)CC(C)C. The maximum absolute atomic E-state index is 10.5. The summed E-state index contributed by atoms with van der Waals surface area (Å²) in [5.74, 6) is 0.788. The van der Waals surface area contributed by atoms with E-state index in [2.05, 4.69) is 20.8 Å². The van der Waals surface area contributed by atoms with Crippen LogP contribution in [-0.4, -0.2) is 5.78 Å². The Morgan fingerprint density at radius 1 is 1.33 bits per heavy atom. The van der Waals surface area contributed by atoms with Crippen LogP contribution >= 0.6 is 0 Å². The molecule has 0 aromatic rings. The molecule has 0 bridgehead atoms. The minimum atomic E-state index is 0.101. The minimum Gasteiger partial charge on any atom is -0.295 e. The number of ketones is 1. The number of carbonyl (C=O) groups is 1. The quantitative estimate of drug-likeness (QED) is 0.463. The van der Waals surface area contributed by atoms with Gasteiger partial charge in [0.05, 0.1) is 0 Å². The van der Waals surface area contributed by atoms with Crippen LogP contribution < -0.4 is 0 Å². The van der Waals surface area contributed by atoms with Crippen molar-refractivity contribution in [2.45, 2.75) is 34.1 Å². The summed E-state index contributed by atoms with van der Waals surface area (Å²) >= 11 is 0.